The van der Waals surface area contributed by atoms with Gasteiger partial charge in [-0.2, -0.15) is 0 Å². The molecule has 1 N–H and O–H groups in total. The first kappa shape index (κ1) is 13.1. The number of aromatic nitrogens is 3. The maximum atomic E-state index is 9.01. The highest BCUT2D eigenvalue weighted by molar-refractivity contribution is 5.51. The molecule has 0 aliphatic carbocycles. The van der Waals surface area contributed by atoms with Crippen molar-refractivity contribution in [2.45, 2.75) is 6.61 Å². The van der Waals surface area contributed by atoms with Gasteiger partial charge in [-0.3, -0.25) is 0 Å². The quantitative estimate of drug-likeness (QED) is 0.883. The summed E-state index contributed by atoms with van der Waals surface area (Å²) in [5, 5.41) is 16.9. The molecule has 2 heterocycles. The Morgan fingerprint density at radius 3 is 2.30 bits per heavy atom. The Morgan fingerprint density at radius 1 is 1.05 bits per heavy atom. The highest BCUT2D eigenvalue weighted by atomic mass is 16.3. The van der Waals surface area contributed by atoms with E-state index in [0.717, 1.165) is 31.9 Å². The van der Waals surface area contributed by atoms with Gasteiger partial charge in [-0.25, -0.2) is 4.68 Å². The van der Waals surface area contributed by atoms with Crippen molar-refractivity contribution in [3.05, 3.63) is 36.2 Å². The summed E-state index contributed by atoms with van der Waals surface area (Å²) in [6, 6.07) is 8.29. The first-order valence-electron chi connectivity index (χ1n) is 6.82. The van der Waals surface area contributed by atoms with Crippen LogP contribution in [0.25, 0.3) is 5.69 Å². The van der Waals surface area contributed by atoms with E-state index in [-0.39, 0.29) is 6.61 Å². The highest BCUT2D eigenvalue weighted by Crippen LogP contribution is 2.18. The van der Waals surface area contributed by atoms with Gasteiger partial charge in [0, 0.05) is 31.9 Å². The summed E-state index contributed by atoms with van der Waals surface area (Å²) in [6.45, 7) is 4.25. The van der Waals surface area contributed by atoms with E-state index in [0.29, 0.717) is 5.69 Å². The predicted octanol–water partition coefficient (Wildman–Crippen LogP) is 0.511. The minimum absolute atomic E-state index is 0.0839. The van der Waals surface area contributed by atoms with Crippen LogP contribution in [0.4, 0.5) is 5.69 Å². The third-order valence-electron chi connectivity index (χ3n) is 3.69. The maximum Gasteiger partial charge on any atom is 0.109 e. The number of nitrogens with zero attached hydrogens (tertiary/aromatic N) is 5. The normalized spacial score (nSPS) is 16.6. The molecule has 6 nitrogen and oxygen atoms in total. The van der Waals surface area contributed by atoms with Crippen molar-refractivity contribution in [1.82, 2.24) is 19.9 Å². The van der Waals surface area contributed by atoms with Crippen LogP contribution in [0.5, 0.6) is 0 Å². The summed E-state index contributed by atoms with van der Waals surface area (Å²) in [6.07, 6.45) is 1.74. The number of aliphatic hydroxyl groups excluding tert-OH is 1. The molecule has 0 spiro atoms. The van der Waals surface area contributed by atoms with Crippen LogP contribution in [0, 0.1) is 0 Å². The Labute approximate surface area is 118 Å². The average molecular weight is 273 g/mol. The molecule has 1 aliphatic heterocycles. The molecule has 1 aliphatic rings. The zero-order chi connectivity index (χ0) is 13.9. The van der Waals surface area contributed by atoms with Gasteiger partial charge in [-0.1, -0.05) is 5.21 Å². The van der Waals surface area contributed by atoms with E-state index in [1.54, 1.807) is 10.9 Å². The lowest BCUT2D eigenvalue weighted by molar-refractivity contribution is 0.276. The van der Waals surface area contributed by atoms with Gasteiger partial charge in [-0.15, -0.1) is 5.10 Å². The molecule has 0 unspecified atom stereocenters. The van der Waals surface area contributed by atoms with E-state index in [1.807, 2.05) is 12.1 Å². The van der Waals surface area contributed by atoms with Crippen LogP contribution >= 0.6 is 0 Å². The zero-order valence-corrected chi connectivity index (χ0v) is 11.6. The third-order valence-corrected chi connectivity index (χ3v) is 3.69. The molecule has 3 rings (SSSR count). The fourth-order valence-electron chi connectivity index (χ4n) is 2.38. The molecule has 0 radical (unpaired) electrons. The molecule has 2 aromatic rings. The van der Waals surface area contributed by atoms with Crippen molar-refractivity contribution >= 4 is 5.69 Å². The number of piperazine rings is 1. The second kappa shape index (κ2) is 5.60. The molecule has 106 valence electrons. The van der Waals surface area contributed by atoms with Gasteiger partial charge in [0.05, 0.1) is 18.5 Å². The predicted molar refractivity (Wildman–Crippen MR) is 77.0 cm³/mol. The number of hydrogen-bond acceptors (Lipinski definition) is 5. The zero-order valence-electron chi connectivity index (χ0n) is 11.6. The summed E-state index contributed by atoms with van der Waals surface area (Å²) in [5.41, 5.74) is 2.77. The molecule has 6 heteroatoms. The summed E-state index contributed by atoms with van der Waals surface area (Å²) in [7, 11) is 2.16. The van der Waals surface area contributed by atoms with E-state index >= 15 is 0 Å². The lowest BCUT2D eigenvalue weighted by Gasteiger charge is -2.34. The molecule has 1 saturated heterocycles. The van der Waals surface area contributed by atoms with Crippen molar-refractivity contribution in [1.29, 1.82) is 0 Å². The van der Waals surface area contributed by atoms with Crippen LogP contribution in [0.1, 0.15) is 5.69 Å². The summed E-state index contributed by atoms with van der Waals surface area (Å²) in [4.78, 5) is 4.74. The molecule has 0 saturated carbocycles. The van der Waals surface area contributed by atoms with Crippen molar-refractivity contribution in [3.63, 3.8) is 0 Å². The second-order valence-corrected chi connectivity index (χ2v) is 5.12. The van der Waals surface area contributed by atoms with Crippen LogP contribution in [0.15, 0.2) is 30.5 Å². The van der Waals surface area contributed by atoms with Crippen molar-refractivity contribution in [2.24, 2.45) is 0 Å². The fraction of sp³-hybridized carbons (Fsp3) is 0.429. The van der Waals surface area contributed by atoms with Crippen molar-refractivity contribution < 1.29 is 5.11 Å². The SMILES string of the molecule is CN1CCN(c2ccc(-n3cc(CO)nn3)cc2)CC1. The molecular weight excluding hydrogens is 254 g/mol. The summed E-state index contributed by atoms with van der Waals surface area (Å²) in [5.74, 6) is 0. The number of aliphatic hydroxyl groups is 1. The Kier molecular flexibility index (Phi) is 3.66. The summed E-state index contributed by atoms with van der Waals surface area (Å²) < 4.78 is 1.68. The topological polar surface area (TPSA) is 57.4 Å². The monoisotopic (exact) mass is 273 g/mol. The smallest absolute Gasteiger partial charge is 0.109 e. The number of likely N-dealkylation sites (N-methyl/N-ethyl adjacent to an activating group) is 1. The summed E-state index contributed by atoms with van der Waals surface area (Å²) >= 11 is 0. The number of hydrogen-bond donors (Lipinski definition) is 1. The van der Waals surface area contributed by atoms with Gasteiger partial charge in [0.15, 0.2) is 0 Å². The number of rotatable bonds is 3. The minimum Gasteiger partial charge on any atom is -0.390 e. The average Bonchev–Trinajstić information content (AvgIpc) is 2.97. The number of benzene rings is 1. The fourth-order valence-corrected chi connectivity index (χ4v) is 2.38. The van der Waals surface area contributed by atoms with E-state index in [9.17, 15) is 0 Å². The molecule has 0 atom stereocenters. The first-order chi connectivity index (χ1) is 9.76. The van der Waals surface area contributed by atoms with E-state index in [1.165, 1.54) is 5.69 Å². The van der Waals surface area contributed by atoms with E-state index in [2.05, 4.69) is 39.3 Å². The lowest BCUT2D eigenvalue weighted by atomic mass is 10.2. The van der Waals surface area contributed by atoms with Gasteiger partial charge in [-0.05, 0) is 31.3 Å². The van der Waals surface area contributed by atoms with Crippen LogP contribution in [0.3, 0.4) is 0 Å². The van der Waals surface area contributed by atoms with Gasteiger partial charge in [0.2, 0.25) is 0 Å². The second-order valence-electron chi connectivity index (χ2n) is 5.12. The molecule has 1 aromatic carbocycles. The molecule has 1 fully saturated rings. The first-order valence-corrected chi connectivity index (χ1v) is 6.82. The van der Waals surface area contributed by atoms with Gasteiger partial charge >= 0.3 is 0 Å². The molecule has 0 amide bonds. The highest BCUT2D eigenvalue weighted by Gasteiger charge is 2.14. The Hall–Kier alpha value is -1.92. The molecule has 1 aromatic heterocycles. The van der Waals surface area contributed by atoms with E-state index < -0.39 is 0 Å². The Morgan fingerprint density at radius 2 is 1.70 bits per heavy atom. The van der Waals surface area contributed by atoms with Crippen LogP contribution in [0.2, 0.25) is 0 Å². The van der Waals surface area contributed by atoms with E-state index in [4.69, 9.17) is 5.11 Å². The lowest BCUT2D eigenvalue weighted by Crippen LogP contribution is -2.44. The van der Waals surface area contributed by atoms with Crippen molar-refractivity contribution in [3.8, 4) is 5.69 Å². The molecular formula is C14H19N5O. The van der Waals surface area contributed by atoms with Gasteiger partial charge in [0.25, 0.3) is 0 Å². The van der Waals surface area contributed by atoms with Crippen LogP contribution in [-0.2, 0) is 6.61 Å². The maximum absolute atomic E-state index is 9.01. The minimum atomic E-state index is -0.0839. The largest absolute Gasteiger partial charge is 0.390 e. The van der Waals surface area contributed by atoms with Crippen molar-refractivity contribution in [2.75, 3.05) is 38.1 Å². The van der Waals surface area contributed by atoms with Crippen LogP contribution < -0.4 is 4.90 Å². The van der Waals surface area contributed by atoms with Gasteiger partial charge in [0.1, 0.15) is 5.69 Å². The van der Waals surface area contributed by atoms with Crippen LogP contribution in [-0.4, -0.2) is 58.2 Å². The molecule has 0 bridgehead atoms. The van der Waals surface area contributed by atoms with Gasteiger partial charge < -0.3 is 14.9 Å². The standard InChI is InChI=1S/C14H19N5O/c1-17-6-8-18(9-7-17)13-2-4-14(5-3-13)19-10-12(11-20)15-16-19/h2-5,10,20H,6-9,11H2,1H3. The number of anilines is 1. The third kappa shape index (κ3) is 2.66. The Bertz CT molecular complexity index is 557. The Balaban J connectivity index is 1.74. The molecule has 20 heavy (non-hydrogen) atoms.